The van der Waals surface area contributed by atoms with E-state index in [9.17, 15) is 9.59 Å². The van der Waals surface area contributed by atoms with E-state index >= 15 is 0 Å². The Kier molecular flexibility index (Phi) is 4.02. The SMILES string of the molecule is CC(C)C1Cc2cccc3c2N1C=CN=C3C1=C(c2cccc3c2OCO3)C(=O)NC1=O. The molecule has 0 radical (unpaired) electrons. The molecule has 2 aromatic rings. The van der Waals surface area contributed by atoms with Crippen molar-refractivity contribution in [2.24, 2.45) is 10.9 Å². The Labute approximate surface area is 185 Å². The van der Waals surface area contributed by atoms with Gasteiger partial charge in [-0.1, -0.05) is 44.2 Å². The maximum absolute atomic E-state index is 13.1. The van der Waals surface area contributed by atoms with Gasteiger partial charge in [0, 0.05) is 29.6 Å². The van der Waals surface area contributed by atoms with Crippen LogP contribution in [0.3, 0.4) is 0 Å². The zero-order valence-corrected chi connectivity index (χ0v) is 17.7. The molecule has 0 aromatic heterocycles. The fourth-order valence-electron chi connectivity index (χ4n) is 5.00. The first kappa shape index (κ1) is 18.9. The highest BCUT2D eigenvalue weighted by molar-refractivity contribution is 6.48. The number of hydrogen-bond acceptors (Lipinski definition) is 6. The zero-order valence-electron chi connectivity index (χ0n) is 17.7. The van der Waals surface area contributed by atoms with Crippen molar-refractivity contribution in [2.45, 2.75) is 26.3 Å². The number of rotatable bonds is 3. The molecule has 1 atom stereocenters. The summed E-state index contributed by atoms with van der Waals surface area (Å²) < 4.78 is 11.1. The molecule has 0 aliphatic carbocycles. The number of carbonyl (C=O) groups excluding carboxylic acids is 2. The lowest BCUT2D eigenvalue weighted by molar-refractivity contribution is -0.123. The van der Waals surface area contributed by atoms with E-state index in [2.05, 4.69) is 35.1 Å². The molecule has 0 saturated carbocycles. The number of aliphatic imine (C=N–C) groups is 1. The minimum Gasteiger partial charge on any atom is -0.454 e. The summed E-state index contributed by atoms with van der Waals surface area (Å²) >= 11 is 0. The van der Waals surface area contributed by atoms with Crippen molar-refractivity contribution in [2.75, 3.05) is 11.7 Å². The van der Waals surface area contributed by atoms with Crippen molar-refractivity contribution in [3.05, 3.63) is 71.1 Å². The Morgan fingerprint density at radius 3 is 2.66 bits per heavy atom. The van der Waals surface area contributed by atoms with Gasteiger partial charge in [0.1, 0.15) is 0 Å². The summed E-state index contributed by atoms with van der Waals surface area (Å²) in [7, 11) is 0. The third-order valence-electron chi connectivity index (χ3n) is 6.45. The number of imide groups is 1. The van der Waals surface area contributed by atoms with Gasteiger partial charge in [0.05, 0.1) is 22.5 Å². The zero-order chi connectivity index (χ0) is 22.0. The van der Waals surface area contributed by atoms with E-state index in [0.29, 0.717) is 34.7 Å². The van der Waals surface area contributed by atoms with Crippen LogP contribution < -0.4 is 19.7 Å². The normalized spacial score (nSPS) is 20.7. The molecular weight excluding hydrogens is 406 g/mol. The van der Waals surface area contributed by atoms with E-state index < -0.39 is 11.8 Å². The molecule has 160 valence electrons. The number of ether oxygens (including phenoxy) is 2. The van der Waals surface area contributed by atoms with Crippen molar-refractivity contribution < 1.29 is 19.1 Å². The standard InChI is InChI=1S/C25H21N3O4/c1-13(2)17-11-14-5-3-7-16-21(26-9-10-28(17)22(14)16)20-19(24(29)27-25(20)30)15-6-4-8-18-23(15)32-12-31-18/h3-10,13,17H,11-12H2,1-2H3,(H,27,29,30). The van der Waals surface area contributed by atoms with E-state index in [1.54, 1.807) is 24.4 Å². The van der Waals surface area contributed by atoms with E-state index in [1.807, 2.05) is 18.3 Å². The highest BCUT2D eigenvalue weighted by atomic mass is 16.7. The van der Waals surface area contributed by atoms with Crippen LogP contribution in [-0.4, -0.2) is 30.4 Å². The molecule has 7 nitrogen and oxygen atoms in total. The Hall–Kier alpha value is -3.87. The molecule has 4 heterocycles. The molecular formula is C25H21N3O4. The number of carbonyl (C=O) groups is 2. The Balaban J connectivity index is 1.58. The van der Waals surface area contributed by atoms with Crippen molar-refractivity contribution in [3.63, 3.8) is 0 Å². The van der Waals surface area contributed by atoms with Crippen molar-refractivity contribution >= 4 is 28.8 Å². The highest BCUT2D eigenvalue weighted by Gasteiger charge is 2.40. The Bertz CT molecular complexity index is 1290. The molecule has 2 aromatic carbocycles. The first-order valence-corrected chi connectivity index (χ1v) is 10.7. The first-order valence-electron chi connectivity index (χ1n) is 10.7. The van der Waals surface area contributed by atoms with Crippen molar-refractivity contribution in [1.29, 1.82) is 0 Å². The van der Waals surface area contributed by atoms with Gasteiger partial charge in [0.2, 0.25) is 6.79 Å². The lowest BCUT2D eigenvalue weighted by Crippen LogP contribution is -2.32. The minimum absolute atomic E-state index is 0.0754. The van der Waals surface area contributed by atoms with Gasteiger partial charge in [-0.3, -0.25) is 19.9 Å². The van der Waals surface area contributed by atoms with Crippen LogP contribution in [0.5, 0.6) is 11.5 Å². The van der Waals surface area contributed by atoms with Gasteiger partial charge < -0.3 is 14.4 Å². The van der Waals surface area contributed by atoms with Crippen LogP contribution in [0, 0.1) is 5.92 Å². The summed E-state index contributed by atoms with van der Waals surface area (Å²) in [6.45, 7) is 4.49. The predicted octanol–water partition coefficient (Wildman–Crippen LogP) is 3.19. The lowest BCUT2D eigenvalue weighted by atomic mass is 9.92. The van der Waals surface area contributed by atoms with Gasteiger partial charge in [0.15, 0.2) is 11.5 Å². The molecule has 2 amide bonds. The van der Waals surface area contributed by atoms with Gasteiger partial charge in [-0.05, 0) is 24.0 Å². The van der Waals surface area contributed by atoms with Crippen molar-refractivity contribution in [1.82, 2.24) is 5.32 Å². The molecule has 0 fully saturated rings. The van der Waals surface area contributed by atoms with Crippen molar-refractivity contribution in [3.8, 4) is 11.5 Å². The molecule has 0 bridgehead atoms. The summed E-state index contributed by atoms with van der Waals surface area (Å²) in [4.78, 5) is 32.9. The first-order chi connectivity index (χ1) is 15.5. The number of anilines is 1. The topological polar surface area (TPSA) is 80.2 Å². The molecule has 1 N–H and O–H groups in total. The van der Waals surface area contributed by atoms with Crippen LogP contribution in [0.4, 0.5) is 5.69 Å². The largest absolute Gasteiger partial charge is 0.454 e. The average Bonchev–Trinajstić information content (AvgIpc) is 3.43. The number of nitrogens with one attached hydrogen (secondary N) is 1. The summed E-state index contributed by atoms with van der Waals surface area (Å²) in [5.74, 6) is 0.536. The molecule has 7 heteroatoms. The van der Waals surface area contributed by atoms with Gasteiger partial charge in [-0.15, -0.1) is 0 Å². The lowest BCUT2D eigenvalue weighted by Gasteiger charge is -2.27. The highest BCUT2D eigenvalue weighted by Crippen LogP contribution is 2.44. The second-order valence-electron chi connectivity index (χ2n) is 8.58. The molecule has 0 spiro atoms. The summed E-state index contributed by atoms with van der Waals surface area (Å²) in [6.07, 6.45) is 4.61. The number of benzene rings is 2. The van der Waals surface area contributed by atoms with E-state index in [4.69, 9.17) is 9.47 Å². The average molecular weight is 427 g/mol. The van der Waals surface area contributed by atoms with E-state index in [1.165, 1.54) is 5.56 Å². The summed E-state index contributed by atoms with van der Waals surface area (Å²) in [5, 5.41) is 2.46. The van der Waals surface area contributed by atoms with Gasteiger partial charge in [-0.2, -0.15) is 0 Å². The molecule has 1 unspecified atom stereocenters. The van der Waals surface area contributed by atoms with E-state index in [-0.39, 0.29) is 17.9 Å². The van der Waals surface area contributed by atoms with E-state index in [0.717, 1.165) is 17.7 Å². The monoisotopic (exact) mass is 427 g/mol. The number of para-hydroxylation sites is 2. The van der Waals surface area contributed by atoms with Crippen LogP contribution in [0.2, 0.25) is 0 Å². The molecule has 4 aliphatic rings. The minimum atomic E-state index is -0.464. The number of amides is 2. The smallest absolute Gasteiger partial charge is 0.261 e. The number of nitrogens with zero attached hydrogens (tertiary/aromatic N) is 2. The summed E-state index contributed by atoms with van der Waals surface area (Å²) in [5.41, 5.74) is 4.64. The van der Waals surface area contributed by atoms with Gasteiger partial charge in [-0.25, -0.2) is 0 Å². The maximum Gasteiger partial charge on any atom is 0.261 e. The second-order valence-corrected chi connectivity index (χ2v) is 8.58. The van der Waals surface area contributed by atoms with Crippen LogP contribution in [0.1, 0.15) is 30.5 Å². The molecule has 4 aliphatic heterocycles. The number of hydrogen-bond donors (Lipinski definition) is 1. The molecule has 0 saturated heterocycles. The third kappa shape index (κ3) is 2.57. The summed E-state index contributed by atoms with van der Waals surface area (Å²) in [6, 6.07) is 11.7. The second kappa shape index (κ2) is 6.82. The Morgan fingerprint density at radius 1 is 1.03 bits per heavy atom. The van der Waals surface area contributed by atoms with Gasteiger partial charge >= 0.3 is 0 Å². The third-order valence-corrected chi connectivity index (χ3v) is 6.45. The van der Waals surface area contributed by atoms with Crippen LogP contribution in [0.15, 0.2) is 59.4 Å². The molecule has 32 heavy (non-hydrogen) atoms. The van der Waals surface area contributed by atoms with Crippen LogP contribution in [-0.2, 0) is 16.0 Å². The maximum atomic E-state index is 13.1. The number of fused-ring (bicyclic) bond motifs is 1. The quantitative estimate of drug-likeness (QED) is 0.761. The predicted molar refractivity (Wildman–Crippen MR) is 120 cm³/mol. The fourth-order valence-corrected chi connectivity index (χ4v) is 5.00. The molecule has 6 rings (SSSR count). The van der Waals surface area contributed by atoms with Crippen LogP contribution >= 0.6 is 0 Å². The Morgan fingerprint density at radius 2 is 1.81 bits per heavy atom. The van der Waals surface area contributed by atoms with Crippen LogP contribution in [0.25, 0.3) is 5.57 Å². The van der Waals surface area contributed by atoms with Gasteiger partial charge in [0.25, 0.3) is 11.8 Å². The fraction of sp³-hybridized carbons (Fsp3) is 0.240.